The minimum absolute atomic E-state index is 0. The van der Waals surface area contributed by atoms with Gasteiger partial charge in [-0.2, -0.15) is 0 Å². The number of nitrogens with zero attached hydrogens (tertiary/aromatic N) is 1. The van der Waals surface area contributed by atoms with Crippen LogP contribution in [0.15, 0.2) is 48.5 Å². The van der Waals surface area contributed by atoms with Gasteiger partial charge in [-0.3, -0.25) is 4.79 Å². The summed E-state index contributed by atoms with van der Waals surface area (Å²) in [5.41, 5.74) is 7.45. The fourth-order valence-electron chi connectivity index (χ4n) is 4.21. The summed E-state index contributed by atoms with van der Waals surface area (Å²) in [5.74, 6) is -0.874. The van der Waals surface area contributed by atoms with E-state index in [9.17, 15) is 13.6 Å². The van der Waals surface area contributed by atoms with E-state index in [0.717, 1.165) is 12.1 Å². The SMILES string of the molecule is Cl.NC[C@@H]1CN(C(=O)C2CC2c2cc(F)ccc2F)C[C@H]1c1ccccc1. The number of benzene rings is 2. The van der Waals surface area contributed by atoms with Crippen molar-refractivity contribution in [3.05, 3.63) is 71.3 Å². The van der Waals surface area contributed by atoms with Crippen LogP contribution in [-0.4, -0.2) is 30.4 Å². The Labute approximate surface area is 164 Å². The van der Waals surface area contributed by atoms with E-state index in [1.54, 1.807) is 0 Å². The molecule has 27 heavy (non-hydrogen) atoms. The molecule has 6 heteroatoms. The van der Waals surface area contributed by atoms with Crippen molar-refractivity contribution in [1.29, 1.82) is 0 Å². The maximum Gasteiger partial charge on any atom is 0.226 e. The average Bonchev–Trinajstić information content (AvgIpc) is 3.34. The van der Waals surface area contributed by atoms with Gasteiger partial charge in [0.2, 0.25) is 5.91 Å². The first-order chi connectivity index (χ1) is 12.6. The van der Waals surface area contributed by atoms with Crippen LogP contribution in [0.2, 0.25) is 0 Å². The monoisotopic (exact) mass is 392 g/mol. The standard InChI is InChI=1S/C21H22F2N2O.ClH/c22-15-6-7-20(23)17(8-15)16-9-18(16)21(26)25-11-14(10-24)19(12-25)13-4-2-1-3-5-13;/h1-8,14,16,18-19H,9-12,24H2;1H/t14-,16?,18?,19+;/m1./s1. The van der Waals surface area contributed by atoms with Crippen molar-refractivity contribution < 1.29 is 13.6 Å². The van der Waals surface area contributed by atoms with Crippen LogP contribution in [0.5, 0.6) is 0 Å². The van der Waals surface area contributed by atoms with E-state index in [2.05, 4.69) is 12.1 Å². The molecule has 2 fully saturated rings. The summed E-state index contributed by atoms with van der Waals surface area (Å²) >= 11 is 0. The molecular formula is C21H23ClF2N2O. The lowest BCUT2D eigenvalue weighted by molar-refractivity contribution is -0.131. The summed E-state index contributed by atoms with van der Waals surface area (Å²) in [6, 6.07) is 13.6. The number of nitrogens with two attached hydrogens (primary N) is 1. The highest BCUT2D eigenvalue weighted by molar-refractivity contribution is 5.85. The third kappa shape index (κ3) is 3.85. The Kier molecular flexibility index (Phi) is 5.82. The highest BCUT2D eigenvalue weighted by atomic mass is 35.5. The highest BCUT2D eigenvalue weighted by Crippen LogP contribution is 2.50. The molecule has 1 amide bonds. The average molecular weight is 393 g/mol. The van der Waals surface area contributed by atoms with Crippen molar-refractivity contribution in [3.63, 3.8) is 0 Å². The molecule has 2 aromatic rings. The number of hydrogen-bond donors (Lipinski definition) is 1. The molecule has 1 saturated carbocycles. The van der Waals surface area contributed by atoms with Crippen LogP contribution in [0, 0.1) is 23.5 Å². The van der Waals surface area contributed by atoms with Crippen LogP contribution in [0.3, 0.4) is 0 Å². The van der Waals surface area contributed by atoms with Crippen LogP contribution in [0.1, 0.15) is 29.4 Å². The second kappa shape index (κ2) is 7.95. The smallest absolute Gasteiger partial charge is 0.226 e. The second-order valence-corrected chi connectivity index (χ2v) is 7.37. The largest absolute Gasteiger partial charge is 0.341 e. The topological polar surface area (TPSA) is 46.3 Å². The van der Waals surface area contributed by atoms with Crippen LogP contribution in [0.4, 0.5) is 8.78 Å². The van der Waals surface area contributed by atoms with Gasteiger partial charge in [0, 0.05) is 24.9 Å². The minimum Gasteiger partial charge on any atom is -0.341 e. The second-order valence-electron chi connectivity index (χ2n) is 7.37. The summed E-state index contributed by atoms with van der Waals surface area (Å²) in [4.78, 5) is 14.8. The highest BCUT2D eigenvalue weighted by Gasteiger charge is 2.49. The van der Waals surface area contributed by atoms with E-state index < -0.39 is 11.6 Å². The van der Waals surface area contributed by atoms with Gasteiger partial charge >= 0.3 is 0 Å². The molecule has 4 atom stereocenters. The van der Waals surface area contributed by atoms with Gasteiger partial charge in [0.25, 0.3) is 0 Å². The molecule has 0 radical (unpaired) electrons. The van der Waals surface area contributed by atoms with Gasteiger partial charge in [-0.25, -0.2) is 8.78 Å². The van der Waals surface area contributed by atoms with Crippen molar-refractivity contribution in [2.75, 3.05) is 19.6 Å². The van der Waals surface area contributed by atoms with Crippen molar-refractivity contribution >= 4 is 18.3 Å². The maximum atomic E-state index is 14.0. The first-order valence-electron chi connectivity index (χ1n) is 9.07. The zero-order valence-electron chi connectivity index (χ0n) is 14.9. The lowest BCUT2D eigenvalue weighted by atomic mass is 9.89. The molecule has 2 N–H and O–H groups in total. The van der Waals surface area contributed by atoms with Crippen LogP contribution >= 0.6 is 12.4 Å². The van der Waals surface area contributed by atoms with E-state index >= 15 is 0 Å². The van der Waals surface area contributed by atoms with Gasteiger partial charge in [-0.15, -0.1) is 12.4 Å². The summed E-state index contributed by atoms with van der Waals surface area (Å²) < 4.78 is 27.4. The predicted octanol–water partition coefficient (Wildman–Crippen LogP) is 3.69. The molecule has 1 heterocycles. The summed E-state index contributed by atoms with van der Waals surface area (Å²) in [6.45, 7) is 1.79. The minimum atomic E-state index is -0.465. The first kappa shape index (κ1) is 19.8. The van der Waals surface area contributed by atoms with Gasteiger partial charge in [-0.05, 0) is 54.1 Å². The van der Waals surface area contributed by atoms with Crippen LogP contribution in [0.25, 0.3) is 0 Å². The number of hydrogen-bond acceptors (Lipinski definition) is 2. The Morgan fingerprint density at radius 3 is 2.52 bits per heavy atom. The van der Waals surface area contributed by atoms with Crippen LogP contribution in [-0.2, 0) is 4.79 Å². The van der Waals surface area contributed by atoms with Crippen molar-refractivity contribution in [3.8, 4) is 0 Å². The molecule has 2 aliphatic rings. The molecule has 0 spiro atoms. The number of likely N-dealkylation sites (tertiary alicyclic amines) is 1. The number of amides is 1. The van der Waals surface area contributed by atoms with Crippen molar-refractivity contribution in [1.82, 2.24) is 4.90 Å². The van der Waals surface area contributed by atoms with Gasteiger partial charge in [0.15, 0.2) is 0 Å². The zero-order valence-corrected chi connectivity index (χ0v) is 15.7. The number of carbonyl (C=O) groups excluding carboxylic acids is 1. The molecular weight excluding hydrogens is 370 g/mol. The molecule has 1 aliphatic carbocycles. The van der Waals surface area contributed by atoms with E-state index in [0.29, 0.717) is 31.6 Å². The third-order valence-corrected chi connectivity index (χ3v) is 5.75. The normalized spacial score (nSPS) is 26.6. The van der Waals surface area contributed by atoms with Gasteiger partial charge in [0.1, 0.15) is 11.6 Å². The molecule has 0 aromatic heterocycles. The van der Waals surface area contributed by atoms with E-state index in [1.807, 2.05) is 23.1 Å². The lowest BCUT2D eigenvalue weighted by Crippen LogP contribution is -2.31. The summed E-state index contributed by atoms with van der Waals surface area (Å²) in [5, 5.41) is 0. The molecule has 1 aliphatic heterocycles. The molecule has 3 nitrogen and oxygen atoms in total. The van der Waals surface area contributed by atoms with E-state index in [4.69, 9.17) is 5.73 Å². The number of rotatable bonds is 4. The summed E-state index contributed by atoms with van der Waals surface area (Å²) in [6.07, 6.45) is 0.582. The predicted molar refractivity (Wildman–Crippen MR) is 103 cm³/mol. The lowest BCUT2D eigenvalue weighted by Gasteiger charge is -2.17. The quantitative estimate of drug-likeness (QED) is 0.862. The Morgan fingerprint density at radius 1 is 1.07 bits per heavy atom. The molecule has 2 aromatic carbocycles. The van der Waals surface area contributed by atoms with Crippen molar-refractivity contribution in [2.45, 2.75) is 18.3 Å². The zero-order chi connectivity index (χ0) is 18.3. The third-order valence-electron chi connectivity index (χ3n) is 5.75. The van der Waals surface area contributed by atoms with Crippen molar-refractivity contribution in [2.24, 2.45) is 17.6 Å². The van der Waals surface area contributed by atoms with Gasteiger partial charge in [0.05, 0.1) is 0 Å². The first-order valence-corrected chi connectivity index (χ1v) is 9.07. The van der Waals surface area contributed by atoms with E-state index in [1.165, 1.54) is 11.6 Å². The Bertz CT molecular complexity index is 817. The Morgan fingerprint density at radius 2 is 1.81 bits per heavy atom. The molecule has 0 bridgehead atoms. The molecule has 2 unspecified atom stereocenters. The number of halogens is 3. The maximum absolute atomic E-state index is 14.0. The molecule has 144 valence electrons. The van der Waals surface area contributed by atoms with Gasteiger partial charge in [-0.1, -0.05) is 30.3 Å². The Hall–Kier alpha value is -1.98. The molecule has 1 saturated heterocycles. The van der Waals surface area contributed by atoms with E-state index in [-0.39, 0.29) is 42.0 Å². The fraction of sp³-hybridized carbons (Fsp3) is 0.381. The fourth-order valence-corrected chi connectivity index (χ4v) is 4.21. The number of carbonyl (C=O) groups is 1. The van der Waals surface area contributed by atoms with Crippen LogP contribution < -0.4 is 5.73 Å². The summed E-state index contributed by atoms with van der Waals surface area (Å²) in [7, 11) is 0. The Balaban J connectivity index is 0.00000210. The van der Waals surface area contributed by atoms with Gasteiger partial charge < -0.3 is 10.6 Å². The molecule has 4 rings (SSSR count).